The SMILES string of the molecule is CC(C)C1CNC2(CCN(C)C2)OC1. The molecule has 0 aromatic heterocycles. The maximum Gasteiger partial charge on any atom is 0.133 e. The maximum atomic E-state index is 6.02. The lowest BCUT2D eigenvalue weighted by Gasteiger charge is -2.39. The molecule has 2 aliphatic rings. The molecule has 0 aromatic rings. The summed E-state index contributed by atoms with van der Waals surface area (Å²) in [6, 6.07) is 0. The third-order valence-corrected chi connectivity index (χ3v) is 3.63. The van der Waals surface area contributed by atoms with Crippen molar-refractivity contribution in [1.82, 2.24) is 10.2 Å². The number of likely N-dealkylation sites (N-methyl/N-ethyl adjacent to an activating group) is 1. The molecule has 0 aromatic carbocycles. The fourth-order valence-electron chi connectivity index (χ4n) is 2.35. The van der Waals surface area contributed by atoms with E-state index in [9.17, 15) is 0 Å². The minimum Gasteiger partial charge on any atom is -0.359 e. The third-order valence-electron chi connectivity index (χ3n) is 3.63. The van der Waals surface area contributed by atoms with Crippen LogP contribution in [0, 0.1) is 11.8 Å². The Morgan fingerprint density at radius 2 is 2.29 bits per heavy atom. The van der Waals surface area contributed by atoms with Crippen LogP contribution in [0.15, 0.2) is 0 Å². The fourth-order valence-corrected chi connectivity index (χ4v) is 2.35. The van der Waals surface area contributed by atoms with Crippen molar-refractivity contribution in [2.24, 2.45) is 11.8 Å². The average molecular weight is 198 g/mol. The second kappa shape index (κ2) is 3.80. The fraction of sp³-hybridized carbons (Fsp3) is 1.00. The van der Waals surface area contributed by atoms with E-state index in [2.05, 4.69) is 31.1 Å². The van der Waals surface area contributed by atoms with Gasteiger partial charge in [-0.15, -0.1) is 0 Å². The van der Waals surface area contributed by atoms with Gasteiger partial charge in [0.1, 0.15) is 5.72 Å². The largest absolute Gasteiger partial charge is 0.359 e. The van der Waals surface area contributed by atoms with E-state index < -0.39 is 0 Å². The van der Waals surface area contributed by atoms with E-state index >= 15 is 0 Å². The number of ether oxygens (including phenoxy) is 1. The van der Waals surface area contributed by atoms with Crippen molar-refractivity contribution in [3.8, 4) is 0 Å². The highest BCUT2D eigenvalue weighted by Crippen LogP contribution is 2.27. The molecule has 2 unspecified atom stereocenters. The lowest BCUT2D eigenvalue weighted by molar-refractivity contribution is -0.113. The van der Waals surface area contributed by atoms with Gasteiger partial charge < -0.3 is 9.64 Å². The minimum absolute atomic E-state index is 0.0137. The number of rotatable bonds is 1. The number of likely N-dealkylation sites (tertiary alicyclic amines) is 1. The zero-order chi connectivity index (χ0) is 10.2. The Hall–Kier alpha value is -0.120. The monoisotopic (exact) mass is 198 g/mol. The summed E-state index contributed by atoms with van der Waals surface area (Å²) < 4.78 is 6.02. The minimum atomic E-state index is -0.0137. The molecule has 0 bridgehead atoms. The molecule has 2 aliphatic heterocycles. The van der Waals surface area contributed by atoms with Crippen LogP contribution in [-0.2, 0) is 4.74 Å². The maximum absolute atomic E-state index is 6.02. The standard InChI is InChI=1S/C11H22N2O/c1-9(2)10-6-12-11(14-7-10)4-5-13(3)8-11/h9-10,12H,4-8H2,1-3H3. The van der Waals surface area contributed by atoms with Gasteiger partial charge in [-0.25, -0.2) is 0 Å². The zero-order valence-corrected chi connectivity index (χ0v) is 9.55. The molecule has 2 saturated heterocycles. The summed E-state index contributed by atoms with van der Waals surface area (Å²) in [5, 5.41) is 3.59. The number of hydrogen-bond donors (Lipinski definition) is 1. The molecule has 2 atom stereocenters. The van der Waals surface area contributed by atoms with Crippen LogP contribution < -0.4 is 5.32 Å². The normalized spacial score (nSPS) is 39.9. The van der Waals surface area contributed by atoms with Crippen LogP contribution in [0.3, 0.4) is 0 Å². The second-order valence-electron chi connectivity index (χ2n) is 5.18. The summed E-state index contributed by atoms with van der Waals surface area (Å²) >= 11 is 0. The van der Waals surface area contributed by atoms with Crippen molar-refractivity contribution in [2.75, 3.05) is 33.3 Å². The van der Waals surface area contributed by atoms with Crippen LogP contribution >= 0.6 is 0 Å². The number of hydrogen-bond acceptors (Lipinski definition) is 3. The highest BCUT2D eigenvalue weighted by Gasteiger charge is 2.41. The van der Waals surface area contributed by atoms with Gasteiger partial charge in [0, 0.05) is 26.1 Å². The Balaban J connectivity index is 1.89. The van der Waals surface area contributed by atoms with Gasteiger partial charge in [-0.05, 0) is 18.9 Å². The first-order valence-electron chi connectivity index (χ1n) is 5.69. The summed E-state index contributed by atoms with van der Waals surface area (Å²) in [6.07, 6.45) is 1.13. The van der Waals surface area contributed by atoms with Gasteiger partial charge in [-0.3, -0.25) is 5.32 Å². The second-order valence-corrected chi connectivity index (χ2v) is 5.18. The van der Waals surface area contributed by atoms with Gasteiger partial charge in [0.25, 0.3) is 0 Å². The van der Waals surface area contributed by atoms with Gasteiger partial charge in [-0.1, -0.05) is 13.8 Å². The van der Waals surface area contributed by atoms with Crippen molar-refractivity contribution in [2.45, 2.75) is 26.0 Å². The molecule has 82 valence electrons. The van der Waals surface area contributed by atoms with Gasteiger partial charge in [-0.2, -0.15) is 0 Å². The molecule has 2 heterocycles. The van der Waals surface area contributed by atoms with Crippen molar-refractivity contribution in [1.29, 1.82) is 0 Å². The van der Waals surface area contributed by atoms with Crippen LogP contribution in [0.5, 0.6) is 0 Å². The molecule has 2 rings (SSSR count). The Morgan fingerprint density at radius 3 is 2.71 bits per heavy atom. The smallest absolute Gasteiger partial charge is 0.133 e. The van der Waals surface area contributed by atoms with E-state index in [0.29, 0.717) is 5.92 Å². The topological polar surface area (TPSA) is 24.5 Å². The predicted octanol–water partition coefficient (Wildman–Crippen LogP) is 0.910. The molecule has 3 nitrogen and oxygen atoms in total. The molecule has 0 aliphatic carbocycles. The summed E-state index contributed by atoms with van der Waals surface area (Å²) in [7, 11) is 2.16. The molecule has 1 spiro atoms. The zero-order valence-electron chi connectivity index (χ0n) is 9.55. The van der Waals surface area contributed by atoms with Crippen LogP contribution in [0.4, 0.5) is 0 Å². The van der Waals surface area contributed by atoms with Crippen LogP contribution in [0.25, 0.3) is 0 Å². The molecule has 0 saturated carbocycles. The first-order chi connectivity index (χ1) is 6.61. The Labute approximate surface area is 86.8 Å². The molecule has 2 fully saturated rings. The van der Waals surface area contributed by atoms with E-state index in [4.69, 9.17) is 4.74 Å². The predicted molar refractivity (Wildman–Crippen MR) is 57.1 cm³/mol. The first kappa shape index (κ1) is 10.4. The van der Waals surface area contributed by atoms with Crippen LogP contribution in [0.1, 0.15) is 20.3 Å². The molecule has 3 heteroatoms. The van der Waals surface area contributed by atoms with Crippen LogP contribution in [-0.4, -0.2) is 43.9 Å². The third kappa shape index (κ3) is 1.95. The Morgan fingerprint density at radius 1 is 1.50 bits per heavy atom. The van der Waals surface area contributed by atoms with Gasteiger partial charge in [0.2, 0.25) is 0 Å². The van der Waals surface area contributed by atoms with Crippen molar-refractivity contribution >= 4 is 0 Å². The van der Waals surface area contributed by atoms with Gasteiger partial charge in [0.05, 0.1) is 6.61 Å². The van der Waals surface area contributed by atoms with Crippen molar-refractivity contribution in [3.05, 3.63) is 0 Å². The number of nitrogens with zero attached hydrogens (tertiary/aromatic N) is 1. The summed E-state index contributed by atoms with van der Waals surface area (Å²) in [5.74, 6) is 1.41. The Kier molecular flexibility index (Phi) is 2.82. The van der Waals surface area contributed by atoms with Crippen molar-refractivity contribution in [3.63, 3.8) is 0 Å². The molecule has 1 N–H and O–H groups in total. The quantitative estimate of drug-likeness (QED) is 0.678. The van der Waals surface area contributed by atoms with E-state index in [1.54, 1.807) is 0 Å². The van der Waals surface area contributed by atoms with Gasteiger partial charge in [0.15, 0.2) is 0 Å². The van der Waals surface area contributed by atoms with E-state index in [1.807, 2.05) is 0 Å². The van der Waals surface area contributed by atoms with Crippen molar-refractivity contribution < 1.29 is 4.74 Å². The first-order valence-corrected chi connectivity index (χ1v) is 5.69. The lowest BCUT2D eigenvalue weighted by atomic mass is 9.94. The molecule has 14 heavy (non-hydrogen) atoms. The average Bonchev–Trinajstić information content (AvgIpc) is 2.48. The number of nitrogens with one attached hydrogen (secondary N) is 1. The molecule has 0 radical (unpaired) electrons. The summed E-state index contributed by atoms with van der Waals surface area (Å²) in [5.41, 5.74) is -0.0137. The highest BCUT2D eigenvalue weighted by atomic mass is 16.5. The summed E-state index contributed by atoms with van der Waals surface area (Å²) in [4.78, 5) is 2.34. The molecular weight excluding hydrogens is 176 g/mol. The highest BCUT2D eigenvalue weighted by molar-refractivity contribution is 4.92. The Bertz CT molecular complexity index is 197. The van der Waals surface area contributed by atoms with E-state index in [1.165, 1.54) is 0 Å². The van der Waals surface area contributed by atoms with E-state index in [0.717, 1.165) is 38.6 Å². The van der Waals surface area contributed by atoms with Gasteiger partial charge >= 0.3 is 0 Å². The van der Waals surface area contributed by atoms with E-state index in [-0.39, 0.29) is 5.72 Å². The molecule has 0 amide bonds. The molecular formula is C11H22N2O. The lowest BCUT2D eigenvalue weighted by Crippen LogP contribution is -2.57. The van der Waals surface area contributed by atoms with Crippen LogP contribution in [0.2, 0.25) is 0 Å². The summed E-state index contributed by atoms with van der Waals surface area (Å²) in [6.45, 7) is 8.78.